The fraction of sp³-hybridized carbons (Fsp3) is 0.0345. The number of rotatable bonds is 10. The van der Waals surface area contributed by atoms with E-state index in [0.717, 1.165) is 77.2 Å². The standard InChI is InChI=1S/C58H42N6/c1-5-40(53-59-54(41-15-8-6-9-16-41)61-56(60-53)43-29-25-37(2)26-30-43)35-39(4)47-21-13-23-49-50-24-14-22-48(52(50)34-33-51(47)49)45-19-12-20-46(36-45)58-63-55(42-17-10-7-11-18-42)62-57(64-58)44-31-27-38(3)28-32-44/h5-36H,1,4H2,2-3H3/b40-35+. The van der Waals surface area contributed by atoms with E-state index in [1.54, 1.807) is 6.08 Å². The van der Waals surface area contributed by atoms with Gasteiger partial charge in [-0.3, -0.25) is 0 Å². The van der Waals surface area contributed by atoms with E-state index in [1.165, 1.54) is 11.1 Å². The summed E-state index contributed by atoms with van der Waals surface area (Å²) in [5.41, 5.74) is 11.7. The van der Waals surface area contributed by atoms with E-state index in [9.17, 15) is 0 Å². The first-order chi connectivity index (χ1) is 31.4. The molecule has 8 aromatic carbocycles. The Kier molecular flexibility index (Phi) is 10.6. The van der Waals surface area contributed by atoms with Crippen LogP contribution in [0.3, 0.4) is 0 Å². The highest BCUT2D eigenvalue weighted by molar-refractivity contribution is 6.15. The first kappa shape index (κ1) is 39.6. The summed E-state index contributed by atoms with van der Waals surface area (Å²) in [6, 6.07) is 62.3. The van der Waals surface area contributed by atoms with Crippen LogP contribution in [0, 0.1) is 13.8 Å². The Balaban J connectivity index is 1.03. The summed E-state index contributed by atoms with van der Waals surface area (Å²) in [5, 5.41) is 4.50. The van der Waals surface area contributed by atoms with Gasteiger partial charge in [0, 0.05) is 33.4 Å². The third-order valence-electron chi connectivity index (χ3n) is 11.5. The fourth-order valence-corrected chi connectivity index (χ4v) is 8.07. The van der Waals surface area contributed by atoms with Crippen LogP contribution < -0.4 is 0 Å². The third-order valence-corrected chi connectivity index (χ3v) is 11.5. The second-order valence-corrected chi connectivity index (χ2v) is 15.9. The van der Waals surface area contributed by atoms with Gasteiger partial charge in [0.15, 0.2) is 34.9 Å². The molecule has 0 radical (unpaired) electrons. The van der Waals surface area contributed by atoms with Gasteiger partial charge in [-0.2, -0.15) is 0 Å². The second-order valence-electron chi connectivity index (χ2n) is 15.9. The van der Waals surface area contributed by atoms with Gasteiger partial charge in [-0.05, 0) is 69.8 Å². The minimum absolute atomic E-state index is 0.526. The molecule has 6 nitrogen and oxygen atoms in total. The Morgan fingerprint density at radius 1 is 0.391 bits per heavy atom. The maximum atomic E-state index is 5.03. The van der Waals surface area contributed by atoms with Crippen LogP contribution in [0.5, 0.6) is 0 Å². The normalized spacial score (nSPS) is 11.5. The maximum Gasteiger partial charge on any atom is 0.164 e. The van der Waals surface area contributed by atoms with Gasteiger partial charge in [0.2, 0.25) is 0 Å². The molecule has 0 spiro atoms. The number of allylic oxidation sites excluding steroid dienone is 4. The maximum absolute atomic E-state index is 5.03. The minimum Gasteiger partial charge on any atom is -0.208 e. The quantitative estimate of drug-likeness (QED) is 0.101. The highest BCUT2D eigenvalue weighted by atomic mass is 15.0. The van der Waals surface area contributed by atoms with E-state index >= 15 is 0 Å². The summed E-state index contributed by atoms with van der Waals surface area (Å²) >= 11 is 0. The lowest BCUT2D eigenvalue weighted by Crippen LogP contribution is -2.02. The summed E-state index contributed by atoms with van der Waals surface area (Å²) in [7, 11) is 0. The van der Waals surface area contributed by atoms with E-state index in [2.05, 4.69) is 136 Å². The van der Waals surface area contributed by atoms with Crippen molar-refractivity contribution >= 4 is 32.7 Å². The van der Waals surface area contributed by atoms with Gasteiger partial charge >= 0.3 is 0 Å². The average molecular weight is 823 g/mol. The van der Waals surface area contributed by atoms with E-state index in [4.69, 9.17) is 29.9 Å². The molecule has 304 valence electrons. The fourth-order valence-electron chi connectivity index (χ4n) is 8.07. The van der Waals surface area contributed by atoms with Crippen LogP contribution in [0.4, 0.5) is 0 Å². The van der Waals surface area contributed by atoms with Crippen molar-refractivity contribution in [2.75, 3.05) is 0 Å². The number of fused-ring (bicyclic) bond motifs is 3. The molecule has 2 heterocycles. The Bertz CT molecular complexity index is 3410. The number of nitrogens with zero attached hydrogens (tertiary/aromatic N) is 6. The average Bonchev–Trinajstić information content (AvgIpc) is 3.35. The summed E-state index contributed by atoms with van der Waals surface area (Å²) in [5.74, 6) is 3.60. The molecule has 2 aromatic heterocycles. The van der Waals surface area contributed by atoms with Crippen molar-refractivity contribution < 1.29 is 0 Å². The molecule has 0 aliphatic rings. The van der Waals surface area contributed by atoms with Crippen LogP contribution in [-0.2, 0) is 0 Å². The first-order valence-corrected chi connectivity index (χ1v) is 21.2. The van der Waals surface area contributed by atoms with Gasteiger partial charge in [0.25, 0.3) is 0 Å². The summed E-state index contributed by atoms with van der Waals surface area (Å²) < 4.78 is 0. The molecule has 0 N–H and O–H groups in total. The van der Waals surface area contributed by atoms with Crippen LogP contribution in [-0.4, -0.2) is 29.9 Å². The summed E-state index contributed by atoms with van der Waals surface area (Å²) in [4.78, 5) is 29.8. The predicted octanol–water partition coefficient (Wildman–Crippen LogP) is 14.3. The number of benzene rings is 8. The third kappa shape index (κ3) is 7.92. The molecular formula is C58H42N6. The van der Waals surface area contributed by atoms with E-state index in [0.29, 0.717) is 34.9 Å². The van der Waals surface area contributed by atoms with Crippen LogP contribution >= 0.6 is 0 Å². The first-order valence-electron chi connectivity index (χ1n) is 21.2. The zero-order valence-electron chi connectivity index (χ0n) is 35.6. The van der Waals surface area contributed by atoms with Gasteiger partial charge in [0.1, 0.15) is 0 Å². The summed E-state index contributed by atoms with van der Waals surface area (Å²) in [6.07, 6.45) is 3.81. The van der Waals surface area contributed by atoms with Crippen molar-refractivity contribution in [2.45, 2.75) is 13.8 Å². The zero-order chi connectivity index (χ0) is 43.6. The van der Waals surface area contributed by atoms with Crippen molar-refractivity contribution in [3.05, 3.63) is 230 Å². The van der Waals surface area contributed by atoms with Crippen LogP contribution in [0.25, 0.3) is 101 Å². The lowest BCUT2D eigenvalue weighted by molar-refractivity contribution is 1.04. The van der Waals surface area contributed by atoms with Gasteiger partial charge in [-0.25, -0.2) is 29.9 Å². The highest BCUT2D eigenvalue weighted by Gasteiger charge is 2.17. The molecule has 0 atom stereocenters. The van der Waals surface area contributed by atoms with Gasteiger partial charge in [-0.1, -0.05) is 206 Å². The van der Waals surface area contributed by atoms with Crippen LogP contribution in [0.1, 0.15) is 22.5 Å². The molecule has 0 aliphatic heterocycles. The van der Waals surface area contributed by atoms with E-state index in [1.807, 2.05) is 78.9 Å². The van der Waals surface area contributed by atoms with Gasteiger partial charge < -0.3 is 0 Å². The molecule has 0 aliphatic carbocycles. The number of aromatic nitrogens is 6. The highest BCUT2D eigenvalue weighted by Crippen LogP contribution is 2.38. The molecule has 0 bridgehead atoms. The molecule has 10 rings (SSSR count). The van der Waals surface area contributed by atoms with Gasteiger partial charge in [0.05, 0.1) is 0 Å². The molecular weight excluding hydrogens is 781 g/mol. The lowest BCUT2D eigenvalue weighted by atomic mass is 9.91. The number of aryl methyl sites for hydroxylation is 2. The van der Waals surface area contributed by atoms with Crippen molar-refractivity contribution in [3.8, 4) is 68.1 Å². The Labute approximate surface area is 372 Å². The van der Waals surface area contributed by atoms with Crippen molar-refractivity contribution in [1.82, 2.24) is 29.9 Å². The second kappa shape index (κ2) is 17.1. The Morgan fingerprint density at radius 2 is 0.828 bits per heavy atom. The number of hydrogen-bond acceptors (Lipinski definition) is 6. The Hall–Kier alpha value is -8.48. The molecule has 0 saturated carbocycles. The van der Waals surface area contributed by atoms with Crippen molar-refractivity contribution in [1.29, 1.82) is 0 Å². The minimum atomic E-state index is 0.526. The van der Waals surface area contributed by atoms with Crippen LogP contribution in [0.2, 0.25) is 0 Å². The number of hydrogen-bond donors (Lipinski definition) is 0. The van der Waals surface area contributed by atoms with E-state index in [-0.39, 0.29) is 0 Å². The molecule has 0 fully saturated rings. The molecule has 0 unspecified atom stereocenters. The molecule has 10 aromatic rings. The molecule has 64 heavy (non-hydrogen) atoms. The largest absolute Gasteiger partial charge is 0.208 e. The lowest BCUT2D eigenvalue weighted by Gasteiger charge is -2.14. The Morgan fingerprint density at radius 3 is 1.39 bits per heavy atom. The topological polar surface area (TPSA) is 77.3 Å². The van der Waals surface area contributed by atoms with E-state index < -0.39 is 0 Å². The van der Waals surface area contributed by atoms with Gasteiger partial charge in [-0.15, -0.1) is 0 Å². The predicted molar refractivity (Wildman–Crippen MR) is 264 cm³/mol. The molecule has 0 amide bonds. The smallest absolute Gasteiger partial charge is 0.164 e. The SMILES string of the molecule is C=C/C(=C\C(=C)c1cccc2c1ccc1c(-c3cccc(-c4nc(-c5ccccc5)nc(-c5ccc(C)cc5)n4)c3)cccc12)c1nc(-c2ccccc2)nc(-c2ccc(C)cc2)n1. The summed E-state index contributed by atoms with van der Waals surface area (Å²) in [6.45, 7) is 12.9. The molecule has 0 saturated heterocycles. The molecule has 6 heteroatoms. The van der Waals surface area contributed by atoms with Crippen molar-refractivity contribution in [3.63, 3.8) is 0 Å². The zero-order valence-corrected chi connectivity index (χ0v) is 35.6. The van der Waals surface area contributed by atoms with Crippen LogP contribution in [0.15, 0.2) is 207 Å². The monoisotopic (exact) mass is 822 g/mol. The van der Waals surface area contributed by atoms with Crippen molar-refractivity contribution in [2.24, 2.45) is 0 Å².